The second kappa shape index (κ2) is 10.5. The maximum Gasteiger partial charge on any atom is 0.119 e. The third-order valence-electron chi connectivity index (χ3n) is 5.08. The van der Waals surface area contributed by atoms with Gasteiger partial charge in [0.15, 0.2) is 0 Å². The quantitative estimate of drug-likeness (QED) is 0.624. The van der Waals surface area contributed by atoms with Gasteiger partial charge in [0.2, 0.25) is 0 Å². The van der Waals surface area contributed by atoms with E-state index in [1.807, 2.05) is 6.21 Å². The molecule has 4 nitrogen and oxygen atoms in total. The van der Waals surface area contributed by atoms with Crippen LogP contribution in [0.3, 0.4) is 0 Å². The van der Waals surface area contributed by atoms with Crippen molar-refractivity contribution in [3.63, 3.8) is 0 Å². The minimum Gasteiger partial charge on any atom is -0.494 e. The molecule has 0 aliphatic carbocycles. The topological polar surface area (TPSA) is 28.1 Å². The van der Waals surface area contributed by atoms with Gasteiger partial charge in [-0.25, -0.2) is 0 Å². The van der Waals surface area contributed by atoms with E-state index in [0.717, 1.165) is 44.7 Å². The molecule has 0 saturated carbocycles. The third-order valence-corrected chi connectivity index (χ3v) is 5.08. The molecule has 0 amide bonds. The lowest BCUT2D eigenvalue weighted by atomic mass is 10.1. The Bertz CT molecular complexity index is 588. The summed E-state index contributed by atoms with van der Waals surface area (Å²) in [6.07, 6.45) is 11.7. The van der Waals surface area contributed by atoms with Crippen molar-refractivity contribution in [2.24, 2.45) is 4.99 Å². The van der Waals surface area contributed by atoms with Gasteiger partial charge in [0.05, 0.1) is 6.61 Å². The van der Waals surface area contributed by atoms with Crippen molar-refractivity contribution in [3.8, 4) is 5.75 Å². The smallest absolute Gasteiger partial charge is 0.119 e. The zero-order valence-electron chi connectivity index (χ0n) is 16.2. The number of benzene rings is 1. The first kappa shape index (κ1) is 19.1. The number of rotatable bonds is 9. The highest BCUT2D eigenvalue weighted by atomic mass is 16.5. The van der Waals surface area contributed by atoms with Crippen LogP contribution in [0.5, 0.6) is 5.75 Å². The summed E-state index contributed by atoms with van der Waals surface area (Å²) < 4.78 is 5.91. The van der Waals surface area contributed by atoms with Gasteiger partial charge >= 0.3 is 0 Å². The molecule has 0 radical (unpaired) electrons. The second-order valence-electron chi connectivity index (χ2n) is 7.51. The molecule has 26 heavy (non-hydrogen) atoms. The molecule has 1 aromatic carbocycles. The zero-order valence-corrected chi connectivity index (χ0v) is 16.2. The Hall–Kier alpha value is -1.65. The van der Waals surface area contributed by atoms with Gasteiger partial charge < -0.3 is 9.64 Å². The summed E-state index contributed by atoms with van der Waals surface area (Å²) in [6, 6.07) is 8.55. The number of likely N-dealkylation sites (tertiary alicyclic amines) is 1. The average molecular weight is 356 g/mol. The Balaban J connectivity index is 1.34. The molecule has 1 saturated heterocycles. The highest BCUT2D eigenvalue weighted by Crippen LogP contribution is 2.15. The van der Waals surface area contributed by atoms with Crippen molar-refractivity contribution in [2.45, 2.75) is 45.1 Å². The van der Waals surface area contributed by atoms with Crippen LogP contribution >= 0.6 is 0 Å². The van der Waals surface area contributed by atoms with Gasteiger partial charge in [-0.2, -0.15) is 0 Å². The van der Waals surface area contributed by atoms with Gasteiger partial charge in [0.1, 0.15) is 5.75 Å². The van der Waals surface area contributed by atoms with Crippen molar-refractivity contribution in [2.75, 3.05) is 39.8 Å². The van der Waals surface area contributed by atoms with Crippen LogP contribution in [-0.4, -0.2) is 55.8 Å². The van der Waals surface area contributed by atoms with Crippen LogP contribution in [0.15, 0.2) is 41.0 Å². The van der Waals surface area contributed by atoms with Crippen molar-refractivity contribution < 1.29 is 4.74 Å². The van der Waals surface area contributed by atoms with E-state index in [-0.39, 0.29) is 0 Å². The summed E-state index contributed by atoms with van der Waals surface area (Å²) in [5.41, 5.74) is 2.50. The molecule has 0 N–H and O–H groups in total. The van der Waals surface area contributed by atoms with Gasteiger partial charge in [-0.3, -0.25) is 9.89 Å². The SMILES string of the molecule is CN(CC1=CCCC=N1)Cc1ccc(OCCCN2CCCCC2)cc1. The Kier molecular flexibility index (Phi) is 7.71. The number of nitrogens with zero attached hydrogens (tertiary/aromatic N) is 3. The lowest BCUT2D eigenvalue weighted by Crippen LogP contribution is -2.31. The average Bonchev–Trinajstić information content (AvgIpc) is 2.68. The van der Waals surface area contributed by atoms with Gasteiger partial charge in [-0.1, -0.05) is 24.6 Å². The third kappa shape index (κ3) is 6.58. The van der Waals surface area contributed by atoms with Crippen LogP contribution in [0.1, 0.15) is 44.1 Å². The second-order valence-corrected chi connectivity index (χ2v) is 7.51. The normalized spacial score (nSPS) is 18.2. The fraction of sp³-hybridized carbons (Fsp3) is 0.591. The summed E-state index contributed by atoms with van der Waals surface area (Å²) in [5.74, 6) is 0.981. The highest BCUT2D eigenvalue weighted by Gasteiger charge is 2.09. The number of ether oxygens (including phenoxy) is 1. The molecule has 3 rings (SSSR count). The number of likely N-dealkylation sites (N-methyl/N-ethyl adjacent to an activating group) is 1. The maximum atomic E-state index is 5.91. The van der Waals surface area contributed by atoms with E-state index < -0.39 is 0 Å². The summed E-state index contributed by atoms with van der Waals surface area (Å²) in [4.78, 5) is 9.35. The molecule has 2 aliphatic heterocycles. The van der Waals surface area contributed by atoms with Gasteiger partial charge in [0.25, 0.3) is 0 Å². The summed E-state index contributed by atoms with van der Waals surface area (Å²) >= 11 is 0. The van der Waals surface area contributed by atoms with Crippen molar-refractivity contribution in [1.82, 2.24) is 9.80 Å². The molecule has 2 aliphatic rings. The van der Waals surface area contributed by atoms with E-state index >= 15 is 0 Å². The molecule has 0 bridgehead atoms. The molecule has 2 heterocycles. The zero-order chi connectivity index (χ0) is 18.0. The summed E-state index contributed by atoms with van der Waals surface area (Å²) in [5, 5.41) is 0. The molecule has 0 atom stereocenters. The van der Waals surface area contributed by atoms with Gasteiger partial charge in [-0.15, -0.1) is 0 Å². The van der Waals surface area contributed by atoms with Gasteiger partial charge in [0, 0.05) is 31.5 Å². The van der Waals surface area contributed by atoms with Crippen LogP contribution in [0, 0.1) is 0 Å². The molecule has 142 valence electrons. The van der Waals surface area contributed by atoms with Crippen LogP contribution in [-0.2, 0) is 6.54 Å². The fourth-order valence-corrected chi connectivity index (χ4v) is 3.66. The largest absolute Gasteiger partial charge is 0.494 e. The lowest BCUT2D eigenvalue weighted by Gasteiger charge is -2.26. The highest BCUT2D eigenvalue weighted by molar-refractivity contribution is 5.60. The molecule has 0 aromatic heterocycles. The van der Waals surface area contributed by atoms with Gasteiger partial charge in [-0.05, 0) is 69.9 Å². The molecule has 0 unspecified atom stereocenters. The van der Waals surface area contributed by atoms with E-state index in [1.54, 1.807) is 0 Å². The first-order valence-corrected chi connectivity index (χ1v) is 10.1. The first-order valence-electron chi connectivity index (χ1n) is 10.1. The number of hydrogen-bond acceptors (Lipinski definition) is 4. The Morgan fingerprint density at radius 1 is 1.04 bits per heavy atom. The fourth-order valence-electron chi connectivity index (χ4n) is 3.66. The first-order chi connectivity index (χ1) is 12.8. The number of aliphatic imine (C=N–C) groups is 1. The molecular weight excluding hydrogens is 322 g/mol. The minimum absolute atomic E-state index is 0.807. The predicted molar refractivity (Wildman–Crippen MR) is 109 cm³/mol. The summed E-state index contributed by atoms with van der Waals surface area (Å²) in [7, 11) is 2.15. The molecular formula is C22H33N3O. The Labute approximate surface area is 158 Å². The monoisotopic (exact) mass is 355 g/mol. The summed E-state index contributed by atoms with van der Waals surface area (Å²) in [6.45, 7) is 6.35. The van der Waals surface area contributed by atoms with Crippen molar-refractivity contribution in [1.29, 1.82) is 0 Å². The van der Waals surface area contributed by atoms with E-state index in [9.17, 15) is 0 Å². The Morgan fingerprint density at radius 2 is 1.85 bits per heavy atom. The molecule has 1 aromatic rings. The van der Waals surface area contributed by atoms with Crippen molar-refractivity contribution in [3.05, 3.63) is 41.6 Å². The predicted octanol–water partition coefficient (Wildman–Crippen LogP) is 4.12. The maximum absolute atomic E-state index is 5.91. The lowest BCUT2D eigenvalue weighted by molar-refractivity contribution is 0.205. The molecule has 1 fully saturated rings. The number of piperidine rings is 1. The minimum atomic E-state index is 0.807. The van der Waals surface area contributed by atoms with E-state index in [1.165, 1.54) is 50.2 Å². The van der Waals surface area contributed by atoms with E-state index in [2.05, 4.69) is 52.2 Å². The Morgan fingerprint density at radius 3 is 2.58 bits per heavy atom. The molecule has 4 heteroatoms. The standard InChI is InChI=1S/C22H33N3O/c1-24(19-21-8-3-4-13-23-21)18-20-9-11-22(12-10-20)26-17-7-16-25-14-5-2-6-15-25/h8-13H,2-7,14-19H2,1H3. The van der Waals surface area contributed by atoms with Crippen LogP contribution in [0.4, 0.5) is 0 Å². The van der Waals surface area contributed by atoms with E-state index in [4.69, 9.17) is 4.74 Å². The van der Waals surface area contributed by atoms with Crippen molar-refractivity contribution >= 4 is 6.21 Å². The number of hydrogen-bond donors (Lipinski definition) is 0. The van der Waals surface area contributed by atoms with Crippen LogP contribution in [0.25, 0.3) is 0 Å². The van der Waals surface area contributed by atoms with Crippen LogP contribution < -0.4 is 4.74 Å². The molecule has 0 spiro atoms. The number of allylic oxidation sites excluding steroid dienone is 1. The van der Waals surface area contributed by atoms with E-state index in [0.29, 0.717) is 0 Å². The van der Waals surface area contributed by atoms with Crippen LogP contribution in [0.2, 0.25) is 0 Å².